The number of allylic oxidation sites excluding steroid dienone is 2. The molecule has 0 bridgehead atoms. The lowest BCUT2D eigenvalue weighted by atomic mass is 10.3. The summed E-state index contributed by atoms with van der Waals surface area (Å²) in [7, 11) is 0. The third kappa shape index (κ3) is 2.09. The van der Waals surface area contributed by atoms with E-state index in [4.69, 9.17) is 0 Å². The minimum Gasteiger partial charge on any atom is -0.367 e. The van der Waals surface area contributed by atoms with Crippen molar-refractivity contribution in [3.63, 3.8) is 0 Å². The minimum absolute atomic E-state index is 1.05. The van der Waals surface area contributed by atoms with E-state index in [1.54, 1.807) is 0 Å². The normalized spacial score (nSPS) is 17.4. The van der Waals surface area contributed by atoms with Gasteiger partial charge in [0, 0.05) is 0 Å². The molecule has 0 aromatic carbocycles. The molecule has 1 heterocycles. The Kier molecular flexibility index (Phi) is 3.17. The maximum atomic E-state index is 3.20. The van der Waals surface area contributed by atoms with Crippen molar-refractivity contribution >= 4 is 0 Å². The van der Waals surface area contributed by atoms with Crippen molar-refractivity contribution in [3.05, 3.63) is 30.6 Å². The molecule has 0 saturated carbocycles. The summed E-state index contributed by atoms with van der Waals surface area (Å²) in [6, 6.07) is 0. The van der Waals surface area contributed by atoms with Gasteiger partial charge < -0.3 is 5.32 Å². The van der Waals surface area contributed by atoms with Crippen molar-refractivity contribution in [2.75, 3.05) is 13.1 Å². The van der Waals surface area contributed by atoms with Gasteiger partial charge in [0.2, 0.25) is 0 Å². The van der Waals surface area contributed by atoms with Gasteiger partial charge in [0.05, 0.1) is 0 Å². The van der Waals surface area contributed by atoms with Crippen LogP contribution in [0, 0.1) is 6.17 Å². The first-order chi connectivity index (χ1) is 5.38. The van der Waals surface area contributed by atoms with Gasteiger partial charge >= 0.3 is 0 Å². The van der Waals surface area contributed by atoms with E-state index in [9.17, 15) is 0 Å². The van der Waals surface area contributed by atoms with E-state index in [2.05, 4.69) is 30.1 Å². The molecular formula is C9H15N2. The van der Waals surface area contributed by atoms with E-state index in [1.165, 1.54) is 6.17 Å². The average molecular weight is 151 g/mol. The van der Waals surface area contributed by atoms with Crippen LogP contribution in [0.3, 0.4) is 0 Å². The molecular weight excluding hydrogens is 136 g/mol. The SMILES string of the molecule is CCN(CC)[C]1C=CC=CN1. The predicted molar refractivity (Wildman–Crippen MR) is 47.6 cm³/mol. The first-order valence-electron chi connectivity index (χ1n) is 4.10. The van der Waals surface area contributed by atoms with Gasteiger partial charge in [-0.1, -0.05) is 19.9 Å². The Labute approximate surface area is 68.6 Å². The van der Waals surface area contributed by atoms with Crippen LogP contribution in [-0.2, 0) is 0 Å². The molecule has 0 fully saturated rings. The largest absolute Gasteiger partial charge is 0.367 e. The zero-order valence-electron chi connectivity index (χ0n) is 7.17. The molecule has 0 saturated heterocycles. The highest BCUT2D eigenvalue weighted by Gasteiger charge is 2.12. The van der Waals surface area contributed by atoms with Crippen LogP contribution in [0.25, 0.3) is 0 Å². The molecule has 0 atom stereocenters. The van der Waals surface area contributed by atoms with Crippen LogP contribution in [0.4, 0.5) is 0 Å². The Morgan fingerprint density at radius 3 is 2.45 bits per heavy atom. The van der Waals surface area contributed by atoms with Crippen molar-refractivity contribution in [1.82, 2.24) is 10.2 Å². The highest BCUT2D eigenvalue weighted by Crippen LogP contribution is 2.08. The molecule has 2 nitrogen and oxygen atoms in total. The highest BCUT2D eigenvalue weighted by atomic mass is 15.2. The average Bonchev–Trinajstić information content (AvgIpc) is 2.09. The zero-order chi connectivity index (χ0) is 8.10. The van der Waals surface area contributed by atoms with Gasteiger partial charge in [-0.05, 0) is 31.4 Å². The van der Waals surface area contributed by atoms with Crippen molar-refractivity contribution in [3.8, 4) is 0 Å². The number of dihydropyridines is 1. The molecule has 1 aliphatic rings. The van der Waals surface area contributed by atoms with Crippen LogP contribution in [0.5, 0.6) is 0 Å². The van der Waals surface area contributed by atoms with Crippen molar-refractivity contribution in [2.24, 2.45) is 0 Å². The number of nitrogens with zero attached hydrogens (tertiary/aromatic N) is 1. The van der Waals surface area contributed by atoms with E-state index < -0.39 is 0 Å². The summed E-state index contributed by atoms with van der Waals surface area (Å²) >= 11 is 0. The standard InChI is InChI=1S/C9H15N2/c1-3-11(4-2)9-7-5-6-8-10-9/h5-8,10H,3-4H2,1-2H3. The van der Waals surface area contributed by atoms with Gasteiger partial charge in [-0.3, -0.25) is 4.90 Å². The second-order valence-electron chi connectivity index (χ2n) is 2.42. The third-order valence-electron chi connectivity index (χ3n) is 1.80. The minimum atomic E-state index is 1.05. The van der Waals surface area contributed by atoms with Crippen LogP contribution >= 0.6 is 0 Å². The monoisotopic (exact) mass is 151 g/mol. The first kappa shape index (κ1) is 8.34. The fourth-order valence-corrected chi connectivity index (χ4v) is 1.14. The quantitative estimate of drug-likeness (QED) is 0.657. The Bertz CT molecular complexity index is 157. The van der Waals surface area contributed by atoms with Crippen LogP contribution in [-0.4, -0.2) is 18.0 Å². The number of rotatable bonds is 3. The van der Waals surface area contributed by atoms with Gasteiger partial charge in [-0.2, -0.15) is 0 Å². The molecule has 0 amide bonds. The van der Waals surface area contributed by atoms with E-state index in [0.717, 1.165) is 13.1 Å². The lowest BCUT2D eigenvalue weighted by Crippen LogP contribution is -2.35. The first-order valence-corrected chi connectivity index (χ1v) is 4.10. The molecule has 11 heavy (non-hydrogen) atoms. The summed E-state index contributed by atoms with van der Waals surface area (Å²) < 4.78 is 0. The Morgan fingerprint density at radius 1 is 1.27 bits per heavy atom. The van der Waals surface area contributed by atoms with Gasteiger partial charge in [-0.15, -0.1) is 0 Å². The maximum Gasteiger partial charge on any atom is 0.152 e. The molecule has 2 heteroatoms. The van der Waals surface area contributed by atoms with Crippen LogP contribution in [0.1, 0.15) is 13.8 Å². The topological polar surface area (TPSA) is 15.3 Å². The number of nitrogens with one attached hydrogen (secondary N) is 1. The molecule has 0 spiro atoms. The van der Waals surface area contributed by atoms with E-state index in [-0.39, 0.29) is 0 Å². The third-order valence-corrected chi connectivity index (χ3v) is 1.80. The van der Waals surface area contributed by atoms with Gasteiger partial charge in [-0.25, -0.2) is 0 Å². The van der Waals surface area contributed by atoms with Crippen molar-refractivity contribution in [1.29, 1.82) is 0 Å². The Balaban J connectivity index is 2.45. The molecule has 0 aliphatic carbocycles. The maximum absolute atomic E-state index is 3.20. The van der Waals surface area contributed by atoms with Gasteiger partial charge in [0.15, 0.2) is 6.17 Å². The fourth-order valence-electron chi connectivity index (χ4n) is 1.14. The molecule has 1 aliphatic heterocycles. The molecule has 61 valence electrons. The molecule has 0 unspecified atom stereocenters. The smallest absolute Gasteiger partial charge is 0.152 e. The molecule has 1 N–H and O–H groups in total. The second-order valence-corrected chi connectivity index (χ2v) is 2.42. The fraction of sp³-hybridized carbons (Fsp3) is 0.444. The molecule has 0 aromatic rings. The van der Waals surface area contributed by atoms with E-state index >= 15 is 0 Å². The Hall–Kier alpha value is -0.760. The predicted octanol–water partition coefficient (Wildman–Crippen LogP) is 1.49. The van der Waals surface area contributed by atoms with Crippen LogP contribution in [0.2, 0.25) is 0 Å². The molecule has 1 radical (unpaired) electrons. The lowest BCUT2D eigenvalue weighted by Gasteiger charge is -2.26. The number of hydrogen-bond acceptors (Lipinski definition) is 2. The summed E-state index contributed by atoms with van der Waals surface area (Å²) in [5, 5.41) is 3.20. The second kappa shape index (κ2) is 4.19. The van der Waals surface area contributed by atoms with E-state index in [1.807, 2.05) is 18.4 Å². The van der Waals surface area contributed by atoms with E-state index in [0.29, 0.717) is 0 Å². The Morgan fingerprint density at radius 2 is 2.00 bits per heavy atom. The molecule has 1 rings (SSSR count). The number of hydrogen-bond donors (Lipinski definition) is 1. The van der Waals surface area contributed by atoms with Crippen LogP contribution in [0.15, 0.2) is 24.4 Å². The number of likely N-dealkylation sites (N-methyl/N-ethyl adjacent to an activating group) is 1. The van der Waals surface area contributed by atoms with Crippen LogP contribution < -0.4 is 5.32 Å². The summed E-state index contributed by atoms with van der Waals surface area (Å²) in [4.78, 5) is 2.28. The van der Waals surface area contributed by atoms with Gasteiger partial charge in [0.25, 0.3) is 0 Å². The van der Waals surface area contributed by atoms with Crippen molar-refractivity contribution < 1.29 is 0 Å². The lowest BCUT2D eigenvalue weighted by molar-refractivity contribution is 0.315. The summed E-state index contributed by atoms with van der Waals surface area (Å²) in [5.74, 6) is 0. The zero-order valence-corrected chi connectivity index (χ0v) is 7.17. The van der Waals surface area contributed by atoms with Crippen molar-refractivity contribution in [2.45, 2.75) is 13.8 Å². The summed E-state index contributed by atoms with van der Waals surface area (Å²) in [6.45, 7) is 6.42. The van der Waals surface area contributed by atoms with Gasteiger partial charge in [0.1, 0.15) is 0 Å². The summed E-state index contributed by atoms with van der Waals surface area (Å²) in [5.41, 5.74) is 0. The summed E-state index contributed by atoms with van der Waals surface area (Å²) in [6.07, 6.45) is 9.27. The molecule has 0 aromatic heterocycles. The highest BCUT2D eigenvalue weighted by molar-refractivity contribution is 5.20.